The molecule has 0 saturated heterocycles. The van der Waals surface area contributed by atoms with Gasteiger partial charge >= 0.3 is 0 Å². The van der Waals surface area contributed by atoms with Crippen LogP contribution in [0.2, 0.25) is 0 Å². The highest BCUT2D eigenvalue weighted by molar-refractivity contribution is 8.02. The number of ketones is 1. The van der Waals surface area contributed by atoms with Crippen molar-refractivity contribution in [2.45, 2.75) is 4.21 Å². The molecule has 5 aromatic rings. The van der Waals surface area contributed by atoms with E-state index < -0.39 is 0 Å². The zero-order chi connectivity index (χ0) is 21.9. The monoisotopic (exact) mass is 453 g/mol. The predicted molar refractivity (Wildman–Crippen MR) is 134 cm³/mol. The first-order valence-electron chi connectivity index (χ1n) is 10.1. The van der Waals surface area contributed by atoms with Crippen LogP contribution in [0.25, 0.3) is 32.6 Å². The smallest absolute Gasteiger partial charge is 0.173 e. The van der Waals surface area contributed by atoms with Crippen LogP contribution in [0.4, 0.5) is 5.69 Å². The van der Waals surface area contributed by atoms with Gasteiger partial charge in [-0.15, -0.1) is 23.1 Å². The zero-order valence-corrected chi connectivity index (χ0v) is 18.7. The van der Waals surface area contributed by atoms with Gasteiger partial charge in [-0.3, -0.25) is 9.78 Å². The number of carbonyl (C=O) groups is 1. The average molecular weight is 454 g/mol. The third kappa shape index (κ3) is 4.02. The van der Waals surface area contributed by atoms with Crippen LogP contribution in [0, 0.1) is 0 Å². The second-order valence-electron chi connectivity index (χ2n) is 7.22. The highest BCUT2D eigenvalue weighted by Gasteiger charge is 2.19. The van der Waals surface area contributed by atoms with E-state index in [-0.39, 0.29) is 5.78 Å². The summed E-state index contributed by atoms with van der Waals surface area (Å²) in [5.41, 5.74) is 11.9. The molecular formula is C26H19N3OS2. The Morgan fingerprint density at radius 2 is 1.66 bits per heavy atom. The molecule has 2 N–H and O–H groups in total. The number of nitrogens with two attached hydrogens (primary N) is 1. The predicted octanol–water partition coefficient (Wildman–Crippen LogP) is 6.58. The van der Waals surface area contributed by atoms with Gasteiger partial charge in [0.15, 0.2) is 5.78 Å². The first-order chi connectivity index (χ1) is 15.7. The highest BCUT2D eigenvalue weighted by atomic mass is 32.2. The Morgan fingerprint density at radius 3 is 2.38 bits per heavy atom. The average Bonchev–Trinajstić information content (AvgIpc) is 3.19. The number of nitrogens with zero attached hydrogens (tertiary/aromatic N) is 2. The maximum absolute atomic E-state index is 12.6. The maximum atomic E-state index is 12.6. The lowest BCUT2D eigenvalue weighted by atomic mass is 10.0. The minimum Gasteiger partial charge on any atom is -0.397 e. The van der Waals surface area contributed by atoms with Crippen LogP contribution < -0.4 is 5.73 Å². The number of Topliss-reactive ketones (excluding diaryl/α,β-unsaturated/α-hetero) is 1. The van der Waals surface area contributed by atoms with E-state index in [9.17, 15) is 4.79 Å². The zero-order valence-electron chi connectivity index (χ0n) is 17.1. The molecule has 0 atom stereocenters. The molecule has 0 aliphatic carbocycles. The number of hydrogen-bond acceptors (Lipinski definition) is 6. The molecule has 3 aromatic heterocycles. The maximum Gasteiger partial charge on any atom is 0.173 e. The molecule has 0 saturated carbocycles. The SMILES string of the molecule is Nc1c(SCC(=O)c2ccccc2)sc2nc(-c3ccccc3)cc(-c3cccnc3)c12. The number of nitrogen functional groups attached to an aromatic ring is 1. The van der Waals surface area contributed by atoms with Crippen molar-refractivity contribution in [3.63, 3.8) is 0 Å². The fourth-order valence-corrected chi connectivity index (χ4v) is 5.74. The van der Waals surface area contributed by atoms with Crippen LogP contribution in [0.3, 0.4) is 0 Å². The molecule has 5 rings (SSSR count). The van der Waals surface area contributed by atoms with Crippen LogP contribution in [0.5, 0.6) is 0 Å². The summed E-state index contributed by atoms with van der Waals surface area (Å²) < 4.78 is 0.909. The lowest BCUT2D eigenvalue weighted by Crippen LogP contribution is -2.01. The number of fused-ring (bicyclic) bond motifs is 1. The van der Waals surface area contributed by atoms with Crippen molar-refractivity contribution < 1.29 is 4.79 Å². The highest BCUT2D eigenvalue weighted by Crippen LogP contribution is 2.45. The molecule has 4 nitrogen and oxygen atoms in total. The van der Waals surface area contributed by atoms with Crippen molar-refractivity contribution in [1.29, 1.82) is 0 Å². The van der Waals surface area contributed by atoms with Crippen molar-refractivity contribution in [1.82, 2.24) is 9.97 Å². The fourth-order valence-electron chi connectivity index (χ4n) is 3.55. The molecule has 0 radical (unpaired) electrons. The van der Waals surface area contributed by atoms with Crippen LogP contribution in [-0.4, -0.2) is 21.5 Å². The number of carbonyl (C=O) groups excluding carboxylic acids is 1. The van der Waals surface area contributed by atoms with E-state index >= 15 is 0 Å². The van der Waals surface area contributed by atoms with Crippen molar-refractivity contribution in [3.8, 4) is 22.4 Å². The number of thioether (sulfide) groups is 1. The van der Waals surface area contributed by atoms with Gasteiger partial charge in [0.25, 0.3) is 0 Å². The normalized spacial score (nSPS) is 11.0. The van der Waals surface area contributed by atoms with Crippen molar-refractivity contribution >= 4 is 44.8 Å². The molecule has 2 aromatic carbocycles. The van der Waals surface area contributed by atoms with E-state index in [0.717, 1.165) is 36.8 Å². The Hall–Kier alpha value is -3.48. The van der Waals surface area contributed by atoms with E-state index in [1.807, 2.05) is 79.0 Å². The van der Waals surface area contributed by atoms with E-state index in [1.54, 1.807) is 6.20 Å². The number of pyridine rings is 2. The Kier molecular flexibility index (Phi) is 5.71. The minimum absolute atomic E-state index is 0.0814. The van der Waals surface area contributed by atoms with Crippen LogP contribution >= 0.6 is 23.1 Å². The third-order valence-electron chi connectivity index (χ3n) is 5.14. The van der Waals surface area contributed by atoms with E-state index in [4.69, 9.17) is 10.7 Å². The topological polar surface area (TPSA) is 68.9 Å². The molecule has 0 aliphatic rings. The molecule has 3 heterocycles. The molecule has 156 valence electrons. The van der Waals surface area contributed by atoms with Crippen molar-refractivity contribution in [3.05, 3.63) is 96.8 Å². The summed E-state index contributed by atoms with van der Waals surface area (Å²) in [5, 5.41) is 0.914. The van der Waals surface area contributed by atoms with Gasteiger partial charge in [0.05, 0.1) is 21.3 Å². The van der Waals surface area contributed by atoms with Crippen LogP contribution in [0.1, 0.15) is 10.4 Å². The molecule has 6 heteroatoms. The fraction of sp³-hybridized carbons (Fsp3) is 0.0385. The molecule has 0 fully saturated rings. The number of hydrogen-bond donors (Lipinski definition) is 1. The number of anilines is 1. The molecule has 0 bridgehead atoms. The van der Waals surface area contributed by atoms with Gasteiger partial charge < -0.3 is 5.73 Å². The minimum atomic E-state index is 0.0814. The Morgan fingerprint density at radius 1 is 0.938 bits per heavy atom. The summed E-state index contributed by atoms with van der Waals surface area (Å²) in [6, 6.07) is 25.4. The Balaban J connectivity index is 1.58. The van der Waals surface area contributed by atoms with Gasteiger partial charge in [-0.25, -0.2) is 4.98 Å². The summed E-state index contributed by atoms with van der Waals surface area (Å²) in [4.78, 5) is 22.7. The molecule has 0 unspecified atom stereocenters. The van der Waals surface area contributed by atoms with Crippen LogP contribution in [0.15, 0.2) is 95.5 Å². The van der Waals surface area contributed by atoms with Crippen molar-refractivity contribution in [2.24, 2.45) is 0 Å². The van der Waals surface area contributed by atoms with Crippen molar-refractivity contribution in [2.75, 3.05) is 11.5 Å². The number of benzene rings is 2. The van der Waals surface area contributed by atoms with Gasteiger partial charge in [-0.2, -0.15) is 0 Å². The van der Waals surface area contributed by atoms with E-state index in [2.05, 4.69) is 11.1 Å². The van der Waals surface area contributed by atoms with Gasteiger partial charge in [-0.05, 0) is 17.7 Å². The first kappa shape index (κ1) is 20.4. The van der Waals surface area contributed by atoms with Gasteiger partial charge in [0.1, 0.15) is 4.83 Å². The van der Waals surface area contributed by atoms with Gasteiger partial charge in [0, 0.05) is 34.5 Å². The molecule has 32 heavy (non-hydrogen) atoms. The second kappa shape index (κ2) is 8.94. The van der Waals surface area contributed by atoms with E-state index in [1.165, 1.54) is 23.1 Å². The molecule has 0 aliphatic heterocycles. The Bertz CT molecular complexity index is 1380. The number of rotatable bonds is 6. The summed E-state index contributed by atoms with van der Waals surface area (Å²) >= 11 is 3.00. The largest absolute Gasteiger partial charge is 0.397 e. The summed E-state index contributed by atoms with van der Waals surface area (Å²) in [7, 11) is 0. The standard InChI is InChI=1S/C26H19N3OS2/c27-24-23-20(19-12-7-13-28-15-19)14-21(17-8-3-1-4-9-17)29-25(23)32-26(24)31-16-22(30)18-10-5-2-6-11-18/h1-15H,16,27H2. The lowest BCUT2D eigenvalue weighted by Gasteiger charge is -2.08. The third-order valence-corrected chi connectivity index (χ3v) is 7.52. The summed E-state index contributed by atoms with van der Waals surface area (Å²) in [6.45, 7) is 0. The number of aromatic nitrogens is 2. The first-order valence-corrected chi connectivity index (χ1v) is 11.9. The number of thiophene rings is 1. The van der Waals surface area contributed by atoms with Gasteiger partial charge in [-0.1, -0.05) is 66.7 Å². The second-order valence-corrected chi connectivity index (χ2v) is 9.47. The van der Waals surface area contributed by atoms with E-state index in [0.29, 0.717) is 17.0 Å². The van der Waals surface area contributed by atoms with Gasteiger partial charge in [0.2, 0.25) is 0 Å². The summed E-state index contributed by atoms with van der Waals surface area (Å²) in [5.74, 6) is 0.410. The molecule has 0 amide bonds. The molecular weight excluding hydrogens is 434 g/mol. The lowest BCUT2D eigenvalue weighted by molar-refractivity contribution is 0.102. The molecule has 0 spiro atoms. The summed E-state index contributed by atoms with van der Waals surface area (Å²) in [6.07, 6.45) is 3.60. The van der Waals surface area contributed by atoms with Crippen LogP contribution in [-0.2, 0) is 0 Å². The quantitative estimate of drug-likeness (QED) is 0.232. The Labute approximate surface area is 194 Å².